The van der Waals surface area contributed by atoms with Gasteiger partial charge in [0.05, 0.1) is 12.7 Å². The Morgan fingerprint density at radius 2 is 1.97 bits per heavy atom. The van der Waals surface area contributed by atoms with Gasteiger partial charge in [0.1, 0.15) is 5.82 Å². The van der Waals surface area contributed by atoms with Gasteiger partial charge < -0.3 is 14.6 Å². The number of hydrogen-bond acceptors (Lipinski definition) is 6. The number of hydrazine groups is 1. The fraction of sp³-hybridized carbons (Fsp3) is 0.150. The van der Waals surface area contributed by atoms with Gasteiger partial charge in [-0.25, -0.2) is 19.0 Å². The van der Waals surface area contributed by atoms with E-state index in [1.54, 1.807) is 12.1 Å². The molecule has 0 fully saturated rings. The molecule has 0 spiro atoms. The number of oxazole rings is 1. The average molecular weight is 484 g/mol. The van der Waals surface area contributed by atoms with Crippen LogP contribution in [0.5, 0.6) is 0 Å². The number of hydrogen-bond donors (Lipinski definition) is 4. The number of aliphatic hydroxyl groups is 1. The quantitative estimate of drug-likeness (QED) is 0.361. The van der Waals surface area contributed by atoms with Crippen LogP contribution in [-0.2, 0) is 11.3 Å². The number of aromatic amines is 1. The Balaban J connectivity index is 1.84. The van der Waals surface area contributed by atoms with Gasteiger partial charge in [-0.3, -0.25) is 15.2 Å². The van der Waals surface area contributed by atoms with E-state index in [4.69, 9.17) is 28.3 Å². The van der Waals surface area contributed by atoms with Gasteiger partial charge in [-0.15, -0.1) is 0 Å². The lowest BCUT2D eigenvalue weighted by atomic mass is 10.0. The van der Waals surface area contributed by atoms with Crippen molar-refractivity contribution < 1.29 is 28.6 Å². The van der Waals surface area contributed by atoms with E-state index in [2.05, 4.69) is 14.8 Å². The number of H-pyrrole nitrogens is 1. The first-order valence-corrected chi connectivity index (χ1v) is 9.79. The van der Waals surface area contributed by atoms with Gasteiger partial charge in [0, 0.05) is 22.2 Å². The van der Waals surface area contributed by atoms with Crippen LogP contribution >= 0.6 is 23.2 Å². The molecule has 1 unspecified atom stereocenters. The molecule has 0 aliphatic rings. The van der Waals surface area contributed by atoms with E-state index in [-0.39, 0.29) is 22.9 Å². The molecular weight excluding hydrogens is 468 g/mol. The smallest absolute Gasteiger partial charge is 0.416 e. The molecule has 0 aliphatic carbocycles. The van der Waals surface area contributed by atoms with Gasteiger partial charge in [0.2, 0.25) is 5.76 Å². The van der Waals surface area contributed by atoms with Crippen molar-refractivity contribution in [2.24, 2.45) is 0 Å². The third-order valence-corrected chi connectivity index (χ3v) is 4.93. The second-order valence-corrected chi connectivity index (χ2v) is 7.49. The normalized spacial score (nSPS) is 12.0. The lowest BCUT2D eigenvalue weighted by molar-refractivity contribution is -0.148. The van der Waals surface area contributed by atoms with Crippen molar-refractivity contribution in [1.29, 1.82) is 0 Å². The molecule has 3 rings (SSSR count). The molecule has 2 aromatic carbocycles. The van der Waals surface area contributed by atoms with Gasteiger partial charge >= 0.3 is 17.6 Å². The lowest BCUT2D eigenvalue weighted by Crippen LogP contribution is -2.47. The van der Waals surface area contributed by atoms with E-state index in [0.717, 1.165) is 11.2 Å². The molecule has 0 radical (unpaired) electrons. The second kappa shape index (κ2) is 9.96. The van der Waals surface area contributed by atoms with E-state index < -0.39 is 36.1 Å². The molecule has 0 bridgehead atoms. The Morgan fingerprint density at radius 3 is 2.59 bits per heavy atom. The van der Waals surface area contributed by atoms with Crippen LogP contribution in [0.4, 0.5) is 4.39 Å². The molecule has 168 valence electrons. The highest BCUT2D eigenvalue weighted by Gasteiger charge is 2.22. The lowest BCUT2D eigenvalue weighted by Gasteiger charge is -2.24. The van der Waals surface area contributed by atoms with Crippen molar-refractivity contribution in [2.75, 3.05) is 6.54 Å². The summed E-state index contributed by atoms with van der Waals surface area (Å²) in [4.78, 5) is 36.6. The summed E-state index contributed by atoms with van der Waals surface area (Å²) in [7, 11) is 0. The van der Waals surface area contributed by atoms with E-state index in [0.29, 0.717) is 16.1 Å². The fourth-order valence-electron chi connectivity index (χ4n) is 2.80. The predicted octanol–water partition coefficient (Wildman–Crippen LogP) is 2.67. The summed E-state index contributed by atoms with van der Waals surface area (Å²) in [6.07, 6.45) is -0.794. The van der Waals surface area contributed by atoms with Crippen LogP contribution in [-0.4, -0.2) is 44.7 Å². The number of carboxylic acid groups (broad SMARTS) is 1. The van der Waals surface area contributed by atoms with Crippen molar-refractivity contribution in [3.63, 3.8) is 0 Å². The van der Waals surface area contributed by atoms with Crippen LogP contribution in [0.15, 0.2) is 51.8 Å². The maximum absolute atomic E-state index is 14.1. The standard InChI is InChI=1S/C20H16Cl2FN3O6/c21-12-3-4-15(23)13(6-12)10-1-2-11(14(22)5-10)8-26(9-16(27)19(29)30)25-18(28)17-7-24-20(31)32-17/h1-7,16,27H,8-9H2,(H,24,31)(H,25,28)(H,29,30). The SMILES string of the molecule is O=C(NN(Cc1ccc(-c2cc(Cl)ccc2F)cc1Cl)CC(O)C(=O)O)c1c[nH]c(=O)o1. The number of carbonyl (C=O) groups excluding carboxylic acids is 1. The zero-order valence-corrected chi connectivity index (χ0v) is 17.7. The highest BCUT2D eigenvalue weighted by atomic mass is 35.5. The van der Waals surface area contributed by atoms with Crippen molar-refractivity contribution in [1.82, 2.24) is 15.4 Å². The molecule has 1 atom stereocenters. The van der Waals surface area contributed by atoms with Gasteiger partial charge in [0.15, 0.2) is 6.10 Å². The van der Waals surface area contributed by atoms with Gasteiger partial charge in [-0.1, -0.05) is 35.3 Å². The van der Waals surface area contributed by atoms with Crippen molar-refractivity contribution in [3.05, 3.63) is 80.3 Å². The summed E-state index contributed by atoms with van der Waals surface area (Å²) in [6.45, 7) is -0.626. The Bertz CT molecular complexity index is 1210. The van der Waals surface area contributed by atoms with Crippen LogP contribution in [0.25, 0.3) is 11.1 Å². The first kappa shape index (κ1) is 23.5. The largest absolute Gasteiger partial charge is 0.479 e. The molecule has 1 amide bonds. The van der Waals surface area contributed by atoms with E-state index in [9.17, 15) is 23.9 Å². The number of carboxylic acids is 1. The van der Waals surface area contributed by atoms with Gasteiger partial charge in [-0.05, 0) is 35.4 Å². The number of carbonyl (C=O) groups is 2. The zero-order chi connectivity index (χ0) is 23.4. The Hall–Kier alpha value is -3.18. The summed E-state index contributed by atoms with van der Waals surface area (Å²) in [6, 6.07) is 8.71. The molecule has 1 heterocycles. The monoisotopic (exact) mass is 483 g/mol. The number of benzene rings is 2. The zero-order valence-electron chi connectivity index (χ0n) is 16.1. The first-order valence-electron chi connectivity index (χ1n) is 9.03. The number of amides is 1. The summed E-state index contributed by atoms with van der Waals surface area (Å²) >= 11 is 12.3. The third kappa shape index (κ3) is 5.74. The first-order chi connectivity index (χ1) is 15.1. The van der Waals surface area contributed by atoms with Crippen LogP contribution in [0.3, 0.4) is 0 Å². The van der Waals surface area contributed by atoms with E-state index in [1.165, 1.54) is 24.3 Å². The van der Waals surface area contributed by atoms with Crippen LogP contribution in [0, 0.1) is 5.82 Å². The molecule has 9 nitrogen and oxygen atoms in total. The Labute approximate surface area is 190 Å². The molecule has 3 aromatic rings. The molecule has 0 saturated heterocycles. The van der Waals surface area contributed by atoms with Crippen molar-refractivity contribution in [2.45, 2.75) is 12.6 Å². The minimum atomic E-state index is -1.83. The minimum Gasteiger partial charge on any atom is -0.479 e. The highest BCUT2D eigenvalue weighted by molar-refractivity contribution is 6.32. The van der Waals surface area contributed by atoms with Crippen molar-refractivity contribution in [3.8, 4) is 11.1 Å². The molecule has 1 aromatic heterocycles. The highest BCUT2D eigenvalue weighted by Crippen LogP contribution is 2.30. The maximum atomic E-state index is 14.1. The second-order valence-electron chi connectivity index (χ2n) is 6.65. The molecule has 12 heteroatoms. The predicted molar refractivity (Wildman–Crippen MR) is 113 cm³/mol. The van der Waals surface area contributed by atoms with Gasteiger partial charge in [0.25, 0.3) is 0 Å². The van der Waals surface area contributed by atoms with Gasteiger partial charge in [-0.2, -0.15) is 0 Å². The number of aromatic nitrogens is 1. The summed E-state index contributed by atoms with van der Waals surface area (Å²) in [5.41, 5.74) is 3.48. The number of aliphatic carboxylic acids is 1. The average Bonchev–Trinajstić information content (AvgIpc) is 3.17. The Kier molecular flexibility index (Phi) is 7.31. The molecule has 4 N–H and O–H groups in total. The number of rotatable bonds is 8. The summed E-state index contributed by atoms with van der Waals surface area (Å²) < 4.78 is 18.8. The maximum Gasteiger partial charge on any atom is 0.416 e. The summed E-state index contributed by atoms with van der Waals surface area (Å²) in [5, 5.41) is 20.3. The van der Waals surface area contributed by atoms with Crippen LogP contribution in [0.1, 0.15) is 16.1 Å². The third-order valence-electron chi connectivity index (χ3n) is 4.34. The van der Waals surface area contributed by atoms with Crippen molar-refractivity contribution >= 4 is 35.1 Å². The number of nitrogens with one attached hydrogen (secondary N) is 2. The molecule has 0 aliphatic heterocycles. The number of aliphatic hydroxyl groups excluding tert-OH is 1. The minimum absolute atomic E-state index is 0.123. The summed E-state index contributed by atoms with van der Waals surface area (Å²) in [5.74, 6) is -4.04. The molecule has 0 saturated carbocycles. The molecule has 32 heavy (non-hydrogen) atoms. The van der Waals surface area contributed by atoms with Crippen LogP contribution in [0.2, 0.25) is 10.0 Å². The van der Waals surface area contributed by atoms with E-state index in [1.807, 2.05) is 0 Å². The Morgan fingerprint density at radius 1 is 1.22 bits per heavy atom. The fourth-order valence-corrected chi connectivity index (χ4v) is 3.21. The number of halogens is 3. The van der Waals surface area contributed by atoms with Crippen LogP contribution < -0.4 is 11.2 Å². The van der Waals surface area contributed by atoms with E-state index >= 15 is 0 Å². The number of nitrogens with zero attached hydrogens (tertiary/aromatic N) is 1. The topological polar surface area (TPSA) is 136 Å². The molecular formula is C20H16Cl2FN3O6.